The molecule has 0 aromatic carbocycles. The lowest BCUT2D eigenvalue weighted by molar-refractivity contribution is -0.0619. The molecule has 128 valence electrons. The van der Waals surface area contributed by atoms with Crippen molar-refractivity contribution < 1.29 is 9.47 Å². The molecule has 23 heavy (non-hydrogen) atoms. The number of nitrogens with zero attached hydrogens (tertiary/aromatic N) is 4. The molecule has 6 heteroatoms. The van der Waals surface area contributed by atoms with Crippen LogP contribution in [0, 0.1) is 12.8 Å². The molecule has 0 bridgehead atoms. The Bertz CT molecular complexity index is 543. The van der Waals surface area contributed by atoms with Gasteiger partial charge in [-0.05, 0) is 32.6 Å². The molecule has 6 nitrogen and oxygen atoms in total. The molecule has 0 N–H and O–H groups in total. The number of rotatable bonds is 5. The van der Waals surface area contributed by atoms with Gasteiger partial charge in [-0.25, -0.2) is 0 Å². The Kier molecular flexibility index (Phi) is 4.39. The average molecular weight is 320 g/mol. The highest BCUT2D eigenvalue weighted by Crippen LogP contribution is 2.38. The van der Waals surface area contributed by atoms with Gasteiger partial charge in [0.2, 0.25) is 0 Å². The smallest absolute Gasteiger partial charge is 0.147 e. The summed E-state index contributed by atoms with van der Waals surface area (Å²) in [6.45, 7) is 5.58. The third-order valence-corrected chi connectivity index (χ3v) is 5.77. The second kappa shape index (κ2) is 6.49. The van der Waals surface area contributed by atoms with Crippen LogP contribution >= 0.6 is 0 Å². The summed E-state index contributed by atoms with van der Waals surface area (Å²) in [6, 6.07) is 1.08. The van der Waals surface area contributed by atoms with Crippen molar-refractivity contribution >= 4 is 0 Å². The highest BCUT2D eigenvalue weighted by molar-refractivity contribution is 5.02. The number of aromatic nitrogens is 3. The Morgan fingerprint density at radius 2 is 2.09 bits per heavy atom. The molecule has 2 heterocycles. The topological polar surface area (TPSA) is 52.4 Å². The molecule has 3 atom stereocenters. The maximum absolute atomic E-state index is 5.81. The van der Waals surface area contributed by atoms with Crippen molar-refractivity contribution in [3.63, 3.8) is 0 Å². The van der Waals surface area contributed by atoms with E-state index in [1.807, 2.05) is 7.11 Å². The lowest BCUT2D eigenvalue weighted by Crippen LogP contribution is -2.51. The molecule has 3 aliphatic rings. The average Bonchev–Trinajstić information content (AvgIpc) is 3.17. The highest BCUT2D eigenvalue weighted by atomic mass is 16.5. The van der Waals surface area contributed by atoms with Crippen molar-refractivity contribution in [2.75, 3.05) is 26.9 Å². The SMILES string of the molecule is CO[C@@H]1CCC[C@@H]1[C@H]1COCCN1Cc1nnc(C)n1C1CC1. The molecular weight excluding hydrogens is 292 g/mol. The van der Waals surface area contributed by atoms with Gasteiger partial charge in [0.25, 0.3) is 0 Å². The Morgan fingerprint density at radius 1 is 1.22 bits per heavy atom. The van der Waals surface area contributed by atoms with Gasteiger partial charge < -0.3 is 14.0 Å². The van der Waals surface area contributed by atoms with Gasteiger partial charge in [0.1, 0.15) is 11.6 Å². The lowest BCUT2D eigenvalue weighted by Gasteiger charge is -2.40. The quantitative estimate of drug-likeness (QED) is 0.830. The van der Waals surface area contributed by atoms with Crippen LogP contribution in [0.15, 0.2) is 0 Å². The zero-order valence-corrected chi connectivity index (χ0v) is 14.3. The van der Waals surface area contributed by atoms with Crippen molar-refractivity contribution in [2.45, 2.75) is 63.8 Å². The van der Waals surface area contributed by atoms with Crippen LogP contribution in [0.5, 0.6) is 0 Å². The van der Waals surface area contributed by atoms with Crippen molar-refractivity contribution in [3.05, 3.63) is 11.6 Å². The van der Waals surface area contributed by atoms with Crippen LogP contribution < -0.4 is 0 Å². The fourth-order valence-corrected chi connectivity index (χ4v) is 4.45. The van der Waals surface area contributed by atoms with Crippen LogP contribution in [0.25, 0.3) is 0 Å². The summed E-state index contributed by atoms with van der Waals surface area (Å²) in [5, 5.41) is 8.80. The van der Waals surface area contributed by atoms with Crippen LogP contribution in [0.4, 0.5) is 0 Å². The summed E-state index contributed by atoms with van der Waals surface area (Å²) in [7, 11) is 1.85. The van der Waals surface area contributed by atoms with Gasteiger partial charge in [0.15, 0.2) is 0 Å². The van der Waals surface area contributed by atoms with E-state index in [2.05, 4.69) is 26.6 Å². The van der Waals surface area contributed by atoms with Gasteiger partial charge in [0, 0.05) is 31.7 Å². The molecule has 0 spiro atoms. The molecule has 1 aromatic heterocycles. The maximum atomic E-state index is 5.81. The molecular formula is C17H28N4O2. The van der Waals surface area contributed by atoms with Crippen LogP contribution in [-0.4, -0.2) is 58.7 Å². The first-order valence-corrected chi connectivity index (χ1v) is 9.03. The van der Waals surface area contributed by atoms with Crippen LogP contribution in [-0.2, 0) is 16.0 Å². The largest absolute Gasteiger partial charge is 0.381 e. The summed E-state index contributed by atoms with van der Waals surface area (Å²) in [5.41, 5.74) is 0. The van der Waals surface area contributed by atoms with Crippen molar-refractivity contribution in [2.24, 2.45) is 5.92 Å². The first-order chi connectivity index (χ1) is 11.3. The zero-order valence-electron chi connectivity index (χ0n) is 14.3. The molecule has 1 aliphatic heterocycles. The summed E-state index contributed by atoms with van der Waals surface area (Å²) < 4.78 is 13.9. The van der Waals surface area contributed by atoms with E-state index >= 15 is 0 Å². The Labute approximate surface area is 138 Å². The van der Waals surface area contributed by atoms with Gasteiger partial charge in [-0.1, -0.05) is 6.42 Å². The van der Waals surface area contributed by atoms with E-state index < -0.39 is 0 Å². The first-order valence-electron chi connectivity index (χ1n) is 9.03. The first kappa shape index (κ1) is 15.5. The minimum atomic E-state index is 0.382. The van der Waals surface area contributed by atoms with Crippen molar-refractivity contribution in [1.82, 2.24) is 19.7 Å². The Balaban J connectivity index is 1.52. The van der Waals surface area contributed by atoms with E-state index in [1.54, 1.807) is 0 Å². The zero-order chi connectivity index (χ0) is 15.8. The van der Waals surface area contributed by atoms with Gasteiger partial charge >= 0.3 is 0 Å². The summed E-state index contributed by atoms with van der Waals surface area (Å²) >= 11 is 0. The second-order valence-corrected chi connectivity index (χ2v) is 7.25. The summed E-state index contributed by atoms with van der Waals surface area (Å²) in [4.78, 5) is 2.56. The fraction of sp³-hybridized carbons (Fsp3) is 0.882. The summed E-state index contributed by atoms with van der Waals surface area (Å²) in [5.74, 6) is 2.77. The number of methoxy groups -OCH3 is 1. The van der Waals surface area contributed by atoms with E-state index in [9.17, 15) is 0 Å². The number of aryl methyl sites for hydroxylation is 1. The molecule has 2 aliphatic carbocycles. The van der Waals surface area contributed by atoms with E-state index in [0.717, 1.165) is 38.0 Å². The minimum absolute atomic E-state index is 0.382. The fourth-order valence-electron chi connectivity index (χ4n) is 4.45. The number of hydrogen-bond donors (Lipinski definition) is 0. The predicted octanol–water partition coefficient (Wildman–Crippen LogP) is 1.94. The van der Waals surface area contributed by atoms with Gasteiger partial charge in [-0.2, -0.15) is 0 Å². The number of ether oxygens (including phenoxy) is 2. The molecule has 0 amide bonds. The third-order valence-electron chi connectivity index (χ3n) is 5.77. The van der Waals surface area contributed by atoms with Crippen LogP contribution in [0.2, 0.25) is 0 Å². The van der Waals surface area contributed by atoms with E-state index in [1.165, 1.54) is 32.1 Å². The minimum Gasteiger partial charge on any atom is -0.381 e. The van der Waals surface area contributed by atoms with Crippen LogP contribution in [0.3, 0.4) is 0 Å². The molecule has 3 fully saturated rings. The Hall–Kier alpha value is -0.980. The monoisotopic (exact) mass is 320 g/mol. The van der Waals surface area contributed by atoms with E-state index in [4.69, 9.17) is 9.47 Å². The standard InChI is InChI=1S/C17H28N4O2/c1-12-18-19-17(21(12)13-6-7-13)10-20-8-9-23-11-15(20)14-4-3-5-16(14)22-2/h13-16H,3-11H2,1-2H3/t14-,15-,16-/m1/s1. The molecule has 0 radical (unpaired) electrons. The number of morpholine rings is 1. The van der Waals surface area contributed by atoms with Gasteiger partial charge in [-0.15, -0.1) is 10.2 Å². The third kappa shape index (κ3) is 3.04. The predicted molar refractivity (Wildman–Crippen MR) is 86.2 cm³/mol. The lowest BCUT2D eigenvalue weighted by atomic mass is 9.94. The normalized spacial score (nSPS) is 32.5. The van der Waals surface area contributed by atoms with E-state index in [0.29, 0.717) is 24.1 Å². The molecule has 1 saturated heterocycles. The second-order valence-electron chi connectivity index (χ2n) is 7.25. The van der Waals surface area contributed by atoms with Gasteiger partial charge in [-0.3, -0.25) is 4.90 Å². The highest BCUT2D eigenvalue weighted by Gasteiger charge is 2.39. The molecule has 1 aromatic rings. The van der Waals surface area contributed by atoms with Crippen molar-refractivity contribution in [1.29, 1.82) is 0 Å². The molecule has 4 rings (SSSR count). The van der Waals surface area contributed by atoms with E-state index in [-0.39, 0.29) is 0 Å². The molecule has 0 unspecified atom stereocenters. The molecule has 2 saturated carbocycles. The summed E-state index contributed by atoms with van der Waals surface area (Å²) in [6.07, 6.45) is 6.62. The van der Waals surface area contributed by atoms with Crippen molar-refractivity contribution in [3.8, 4) is 0 Å². The van der Waals surface area contributed by atoms with Crippen LogP contribution in [0.1, 0.15) is 49.8 Å². The Morgan fingerprint density at radius 3 is 2.87 bits per heavy atom. The van der Waals surface area contributed by atoms with Gasteiger partial charge in [0.05, 0.1) is 25.9 Å². The maximum Gasteiger partial charge on any atom is 0.147 e. The number of hydrogen-bond acceptors (Lipinski definition) is 5.